The Bertz CT molecular complexity index is 8.00. The van der Waals surface area contributed by atoms with E-state index in [1.807, 2.05) is 0 Å². The maximum Gasteiger partial charge on any atom is 0 e. The van der Waals surface area contributed by atoms with Crippen LogP contribution in [0.4, 0.5) is 0 Å². The second kappa shape index (κ2) is 19.1. The molecule has 0 aliphatic rings. The summed E-state index contributed by atoms with van der Waals surface area (Å²) in [4.78, 5) is 0. The molecule has 4 heteroatoms. The smallest absolute Gasteiger partial charge is 0 e. The summed E-state index contributed by atoms with van der Waals surface area (Å²) in [5, 5.41) is 0. The molecule has 0 unspecified atom stereocenters. The average molecular weight is 408 g/mol. The van der Waals surface area contributed by atoms with E-state index < -0.39 is 0 Å². The fraction of sp³-hybridized carbons (Fsp3) is 0. The van der Waals surface area contributed by atoms with Gasteiger partial charge in [-0.05, 0) is 0 Å². The van der Waals surface area contributed by atoms with Crippen molar-refractivity contribution < 1.29 is 58.8 Å². The first-order valence-electron chi connectivity index (χ1n) is 0.167. The molecule has 0 amide bonds. The summed E-state index contributed by atoms with van der Waals surface area (Å²) in [6, 6.07) is 0. The number of hydrogen-bond acceptors (Lipinski definition) is 1. The molecular formula is CdHgOSe. The Kier molecular flexibility index (Phi) is 78.2. The second-order valence-electron chi connectivity index (χ2n) is 0. The van der Waals surface area contributed by atoms with Crippen LogP contribution >= 0.6 is 0 Å². The van der Waals surface area contributed by atoms with Gasteiger partial charge >= 0.3 is 19.8 Å². The molecule has 0 aromatic heterocycles. The van der Waals surface area contributed by atoms with Gasteiger partial charge in [0.2, 0.25) is 0 Å². The minimum atomic E-state index is 0. The van der Waals surface area contributed by atoms with Crippen molar-refractivity contribution in [2.45, 2.75) is 0 Å². The molecule has 0 radical (unpaired) electrons. The van der Waals surface area contributed by atoms with E-state index >= 15 is 0 Å². The van der Waals surface area contributed by atoms with E-state index in [2.05, 4.69) is 0 Å². The Morgan fingerprint density at radius 3 is 1.25 bits per heavy atom. The van der Waals surface area contributed by atoms with Crippen molar-refractivity contribution in [3.63, 3.8) is 0 Å². The molecule has 16 valence electrons. The third kappa shape index (κ3) is 8.90. The van der Waals surface area contributed by atoms with Crippen LogP contribution in [0.5, 0.6) is 0 Å². The van der Waals surface area contributed by atoms with Gasteiger partial charge in [-0.25, -0.2) is 0 Å². The van der Waals surface area contributed by atoms with Crippen molar-refractivity contribution in [2.24, 2.45) is 0 Å². The zero-order valence-corrected chi connectivity index (χ0v) is 13.5. The fourth-order valence-electron chi connectivity index (χ4n) is 0. The van der Waals surface area contributed by atoms with E-state index in [0.717, 1.165) is 0 Å². The standard InChI is InChI=1S/Cd.Hg.OSe/c;;1-2. The van der Waals surface area contributed by atoms with Crippen LogP contribution in [-0.4, -0.2) is 15.9 Å². The van der Waals surface area contributed by atoms with Crippen molar-refractivity contribution in [2.75, 3.05) is 0 Å². The molecule has 0 saturated carbocycles. The van der Waals surface area contributed by atoms with Gasteiger partial charge in [-0.3, -0.25) is 0 Å². The van der Waals surface area contributed by atoms with Gasteiger partial charge in [0.1, 0.15) is 0 Å². The normalized spacial score (nSPS) is 1.00. The van der Waals surface area contributed by atoms with Crippen molar-refractivity contribution in [1.82, 2.24) is 0 Å². The van der Waals surface area contributed by atoms with Gasteiger partial charge in [0.15, 0.2) is 0 Å². The first-order chi connectivity index (χ1) is 1.00. The maximum absolute atomic E-state index is 8.12. The third-order valence-corrected chi connectivity index (χ3v) is 0. The summed E-state index contributed by atoms with van der Waals surface area (Å²) in [5.74, 6) is 0. The van der Waals surface area contributed by atoms with Gasteiger partial charge in [0.05, 0.1) is 0 Å². The molecule has 0 spiro atoms. The molecule has 0 heterocycles. The molecule has 0 rings (SSSR count). The van der Waals surface area contributed by atoms with Crippen molar-refractivity contribution in [3.05, 3.63) is 0 Å². The molecule has 4 heavy (non-hydrogen) atoms. The summed E-state index contributed by atoms with van der Waals surface area (Å²) in [6.07, 6.45) is 0. The van der Waals surface area contributed by atoms with Crippen LogP contribution in [0, 0.1) is 0 Å². The van der Waals surface area contributed by atoms with Crippen molar-refractivity contribution >= 4 is 15.9 Å². The Hall–Kier alpha value is 2.18. The van der Waals surface area contributed by atoms with E-state index in [1.54, 1.807) is 0 Å². The maximum atomic E-state index is 8.12. The average Bonchev–Trinajstić information content (AvgIpc) is 1.00. The Morgan fingerprint density at radius 2 is 1.25 bits per heavy atom. The minimum absolute atomic E-state index is 0. The van der Waals surface area contributed by atoms with Gasteiger partial charge in [-0.2, -0.15) is 0 Å². The van der Waals surface area contributed by atoms with Crippen molar-refractivity contribution in [3.8, 4) is 0 Å². The SMILES string of the molecule is O=[Se].[Cd].[Hg]. The predicted octanol–water partition coefficient (Wildman–Crippen LogP) is -0.505. The van der Waals surface area contributed by atoms with E-state index in [9.17, 15) is 0 Å². The predicted molar refractivity (Wildman–Crippen MR) is 6.44 cm³/mol. The van der Waals surface area contributed by atoms with Gasteiger partial charge in [0.25, 0.3) is 0 Å². The van der Waals surface area contributed by atoms with Gasteiger partial charge in [-0.1, -0.05) is 0 Å². The van der Waals surface area contributed by atoms with Crippen LogP contribution < -0.4 is 0 Å². The Labute approximate surface area is 73.6 Å². The summed E-state index contributed by atoms with van der Waals surface area (Å²) < 4.78 is 8.12. The van der Waals surface area contributed by atoms with Crippen LogP contribution in [-0.2, 0) is 58.8 Å². The molecule has 1 nitrogen and oxygen atoms in total. The molecule has 0 bridgehead atoms. The van der Waals surface area contributed by atoms with Crippen LogP contribution in [0.15, 0.2) is 0 Å². The fourth-order valence-corrected chi connectivity index (χ4v) is 0. The summed E-state index contributed by atoms with van der Waals surface area (Å²) in [7, 11) is 0. The second-order valence-corrected chi connectivity index (χ2v) is 0. The monoisotopic (exact) mass is 412 g/mol. The molecular weight excluding hydrogens is 408 g/mol. The first-order valence-corrected chi connectivity index (χ1v) is 0.866. The largest absolute Gasteiger partial charge is 0 e. The zero-order valence-electron chi connectivity index (χ0n) is 2.23. The van der Waals surface area contributed by atoms with Gasteiger partial charge in [0, 0.05) is 55.0 Å². The van der Waals surface area contributed by atoms with Crippen LogP contribution in [0.25, 0.3) is 0 Å². The van der Waals surface area contributed by atoms with E-state index in [4.69, 9.17) is 3.83 Å². The van der Waals surface area contributed by atoms with Crippen molar-refractivity contribution in [1.29, 1.82) is 0 Å². The molecule has 0 saturated heterocycles. The minimum Gasteiger partial charge on any atom is 0 e. The van der Waals surface area contributed by atoms with Crippen LogP contribution in [0.2, 0.25) is 0 Å². The van der Waals surface area contributed by atoms with E-state index in [-0.39, 0.29) is 55.0 Å². The third-order valence-electron chi connectivity index (χ3n) is 0. The van der Waals surface area contributed by atoms with Gasteiger partial charge in [-0.15, -0.1) is 0 Å². The van der Waals surface area contributed by atoms with Crippen LogP contribution in [0.3, 0.4) is 0 Å². The molecule has 0 atom stereocenters. The van der Waals surface area contributed by atoms with E-state index in [1.165, 1.54) is 15.9 Å². The molecule has 0 aliphatic carbocycles. The molecule has 0 aliphatic heterocycles. The summed E-state index contributed by atoms with van der Waals surface area (Å²) in [6.45, 7) is 0. The Morgan fingerprint density at radius 1 is 1.25 bits per heavy atom. The summed E-state index contributed by atoms with van der Waals surface area (Å²) in [5.41, 5.74) is 0. The Balaban J connectivity index is -0.00000000500. The molecule has 0 fully saturated rings. The van der Waals surface area contributed by atoms with Crippen LogP contribution in [0.1, 0.15) is 0 Å². The van der Waals surface area contributed by atoms with Gasteiger partial charge < -0.3 is 0 Å². The molecule has 0 aromatic rings. The number of rotatable bonds is 0. The van der Waals surface area contributed by atoms with E-state index in [0.29, 0.717) is 0 Å². The molecule has 0 aromatic carbocycles. The number of hydrogen-bond donors (Lipinski definition) is 0. The zero-order chi connectivity index (χ0) is 2.00. The summed E-state index contributed by atoms with van der Waals surface area (Å²) >= 11 is 1.38. The molecule has 0 N–H and O–H groups in total. The first kappa shape index (κ1) is 16.4. The quantitative estimate of drug-likeness (QED) is 0.495. The topological polar surface area (TPSA) is 17.1 Å².